The van der Waals surface area contributed by atoms with E-state index in [2.05, 4.69) is 4.90 Å². The van der Waals surface area contributed by atoms with E-state index in [-0.39, 0.29) is 6.04 Å². The minimum atomic E-state index is -0.789. The average Bonchev–Trinajstić information content (AvgIpc) is 2.75. The number of carboxylic acids is 1. The Morgan fingerprint density at radius 1 is 1.10 bits per heavy atom. The van der Waals surface area contributed by atoms with Crippen molar-refractivity contribution in [3.05, 3.63) is 53.6 Å². The van der Waals surface area contributed by atoms with Crippen molar-refractivity contribution in [3.8, 4) is 17.2 Å². The Balaban J connectivity index is 2.15. The van der Waals surface area contributed by atoms with Crippen molar-refractivity contribution in [2.45, 2.75) is 38.3 Å². The number of carboxylic acid groups (broad SMARTS) is 1. The fraction of sp³-hybridized carbons (Fsp3) is 0.435. The number of methoxy groups -OCH3 is 2. The number of ether oxygens (including phenoxy) is 3. The summed E-state index contributed by atoms with van der Waals surface area (Å²) < 4.78 is 16.8. The molecular weight excluding hydrogens is 370 g/mol. The third-order valence-electron chi connectivity index (χ3n) is 5.40. The largest absolute Gasteiger partial charge is 0.496 e. The highest BCUT2D eigenvalue weighted by Gasteiger charge is 2.36. The summed E-state index contributed by atoms with van der Waals surface area (Å²) in [6.45, 7) is 3.14. The lowest BCUT2D eigenvalue weighted by Crippen LogP contribution is -2.46. The average molecular weight is 399 g/mol. The second kappa shape index (κ2) is 9.65. The lowest BCUT2D eigenvalue weighted by atomic mass is 9.91. The van der Waals surface area contributed by atoms with Crippen LogP contribution in [0.15, 0.2) is 42.5 Å². The molecule has 1 aliphatic heterocycles. The zero-order valence-corrected chi connectivity index (χ0v) is 17.3. The number of para-hydroxylation sites is 1. The monoisotopic (exact) mass is 399 g/mol. The van der Waals surface area contributed by atoms with Gasteiger partial charge in [-0.05, 0) is 50.1 Å². The van der Waals surface area contributed by atoms with E-state index in [9.17, 15) is 9.90 Å². The molecule has 2 unspecified atom stereocenters. The molecule has 1 heterocycles. The van der Waals surface area contributed by atoms with E-state index in [1.807, 2.05) is 49.4 Å². The van der Waals surface area contributed by atoms with Crippen LogP contribution < -0.4 is 14.2 Å². The van der Waals surface area contributed by atoms with Crippen molar-refractivity contribution < 1.29 is 24.1 Å². The molecule has 3 rings (SSSR count). The van der Waals surface area contributed by atoms with Crippen LogP contribution >= 0.6 is 0 Å². The van der Waals surface area contributed by atoms with Crippen molar-refractivity contribution in [2.24, 2.45) is 0 Å². The SMILES string of the molecule is CCOc1cc(C(c2ccccc2OC)N2CCCCC2C(=O)O)ccc1OC. The maximum atomic E-state index is 12.0. The normalized spacial score (nSPS) is 18.1. The van der Waals surface area contributed by atoms with E-state index >= 15 is 0 Å². The van der Waals surface area contributed by atoms with Gasteiger partial charge in [-0.3, -0.25) is 9.69 Å². The fourth-order valence-electron chi connectivity index (χ4n) is 4.10. The van der Waals surface area contributed by atoms with Gasteiger partial charge >= 0.3 is 5.97 Å². The van der Waals surface area contributed by atoms with Crippen molar-refractivity contribution >= 4 is 5.97 Å². The predicted molar refractivity (Wildman–Crippen MR) is 111 cm³/mol. The van der Waals surface area contributed by atoms with E-state index in [1.165, 1.54) is 0 Å². The summed E-state index contributed by atoms with van der Waals surface area (Å²) in [7, 11) is 3.25. The molecule has 156 valence electrons. The molecule has 1 saturated heterocycles. The van der Waals surface area contributed by atoms with Gasteiger partial charge in [0.1, 0.15) is 11.8 Å². The Kier molecular flexibility index (Phi) is 6.99. The summed E-state index contributed by atoms with van der Waals surface area (Å²) in [4.78, 5) is 14.1. The zero-order chi connectivity index (χ0) is 20.8. The van der Waals surface area contributed by atoms with Gasteiger partial charge in [0.2, 0.25) is 0 Å². The number of piperidine rings is 1. The Labute approximate surface area is 172 Å². The molecule has 0 radical (unpaired) electrons. The Bertz CT molecular complexity index is 838. The summed E-state index contributed by atoms with van der Waals surface area (Å²) in [6.07, 6.45) is 2.51. The first kappa shape index (κ1) is 21.0. The maximum Gasteiger partial charge on any atom is 0.320 e. The molecule has 2 aromatic carbocycles. The van der Waals surface area contributed by atoms with Gasteiger partial charge in [0.15, 0.2) is 11.5 Å². The van der Waals surface area contributed by atoms with Gasteiger partial charge in [-0.1, -0.05) is 30.7 Å². The van der Waals surface area contributed by atoms with Crippen LogP contribution in [0, 0.1) is 0 Å². The van der Waals surface area contributed by atoms with E-state index in [0.29, 0.717) is 31.1 Å². The van der Waals surface area contributed by atoms with Crippen molar-refractivity contribution in [3.63, 3.8) is 0 Å². The third kappa shape index (κ3) is 4.48. The minimum Gasteiger partial charge on any atom is -0.496 e. The number of hydrogen-bond donors (Lipinski definition) is 1. The van der Waals surface area contributed by atoms with Crippen LogP contribution in [-0.2, 0) is 4.79 Å². The highest BCUT2D eigenvalue weighted by Crippen LogP contribution is 2.41. The lowest BCUT2D eigenvalue weighted by Gasteiger charge is -2.40. The van der Waals surface area contributed by atoms with Crippen molar-refractivity contribution in [1.29, 1.82) is 0 Å². The maximum absolute atomic E-state index is 12.0. The molecule has 1 fully saturated rings. The van der Waals surface area contributed by atoms with Gasteiger partial charge in [-0.15, -0.1) is 0 Å². The number of carbonyl (C=O) groups is 1. The van der Waals surface area contributed by atoms with Crippen LogP contribution in [0.4, 0.5) is 0 Å². The van der Waals surface area contributed by atoms with Crippen LogP contribution in [0.3, 0.4) is 0 Å². The summed E-state index contributed by atoms with van der Waals surface area (Å²) in [5.74, 6) is 1.25. The molecule has 1 aliphatic rings. The van der Waals surface area contributed by atoms with Crippen molar-refractivity contribution in [2.75, 3.05) is 27.4 Å². The molecular formula is C23H29NO5. The number of benzene rings is 2. The predicted octanol–water partition coefficient (Wildman–Crippen LogP) is 4.13. The van der Waals surface area contributed by atoms with Gasteiger partial charge in [-0.25, -0.2) is 0 Å². The van der Waals surface area contributed by atoms with Crippen molar-refractivity contribution in [1.82, 2.24) is 4.90 Å². The smallest absolute Gasteiger partial charge is 0.320 e. The van der Waals surface area contributed by atoms with Gasteiger partial charge in [-0.2, -0.15) is 0 Å². The van der Waals surface area contributed by atoms with E-state index in [4.69, 9.17) is 14.2 Å². The number of likely N-dealkylation sites (tertiary alicyclic amines) is 1. The molecule has 0 aromatic heterocycles. The molecule has 2 aromatic rings. The molecule has 2 atom stereocenters. The highest BCUT2D eigenvalue weighted by molar-refractivity contribution is 5.74. The fourth-order valence-corrected chi connectivity index (χ4v) is 4.10. The molecule has 0 aliphatic carbocycles. The Morgan fingerprint density at radius 3 is 2.55 bits per heavy atom. The molecule has 1 N–H and O–H groups in total. The van der Waals surface area contributed by atoms with Crippen LogP contribution in [0.2, 0.25) is 0 Å². The third-order valence-corrected chi connectivity index (χ3v) is 5.40. The van der Waals surface area contributed by atoms with E-state index in [1.54, 1.807) is 14.2 Å². The second-order valence-electron chi connectivity index (χ2n) is 7.08. The molecule has 0 saturated carbocycles. The van der Waals surface area contributed by atoms with Crippen LogP contribution in [0.5, 0.6) is 17.2 Å². The summed E-state index contributed by atoms with van der Waals surface area (Å²) in [5.41, 5.74) is 1.89. The van der Waals surface area contributed by atoms with Gasteiger partial charge in [0.05, 0.1) is 26.9 Å². The molecule has 29 heavy (non-hydrogen) atoms. The van der Waals surface area contributed by atoms with Crippen LogP contribution in [0.1, 0.15) is 43.4 Å². The molecule has 0 spiro atoms. The quantitative estimate of drug-likeness (QED) is 0.720. The van der Waals surface area contributed by atoms with Crippen LogP contribution in [0.25, 0.3) is 0 Å². The van der Waals surface area contributed by atoms with Crippen LogP contribution in [-0.4, -0.2) is 49.4 Å². The number of nitrogens with zero attached hydrogens (tertiary/aromatic N) is 1. The number of rotatable bonds is 8. The molecule has 0 bridgehead atoms. The van der Waals surface area contributed by atoms with E-state index in [0.717, 1.165) is 29.7 Å². The number of aliphatic carboxylic acids is 1. The minimum absolute atomic E-state index is 0.266. The molecule has 6 heteroatoms. The Hall–Kier alpha value is -2.73. The van der Waals surface area contributed by atoms with E-state index < -0.39 is 12.0 Å². The summed E-state index contributed by atoms with van der Waals surface area (Å²) in [6, 6.07) is 12.8. The summed E-state index contributed by atoms with van der Waals surface area (Å²) in [5, 5.41) is 9.88. The first-order valence-corrected chi connectivity index (χ1v) is 10.0. The first-order valence-electron chi connectivity index (χ1n) is 10.0. The van der Waals surface area contributed by atoms with Gasteiger partial charge in [0, 0.05) is 5.56 Å². The number of hydrogen-bond acceptors (Lipinski definition) is 5. The first-order chi connectivity index (χ1) is 14.1. The molecule has 0 amide bonds. The van der Waals surface area contributed by atoms with Gasteiger partial charge in [0.25, 0.3) is 0 Å². The zero-order valence-electron chi connectivity index (χ0n) is 17.3. The lowest BCUT2D eigenvalue weighted by molar-refractivity contribution is -0.145. The molecule has 6 nitrogen and oxygen atoms in total. The van der Waals surface area contributed by atoms with Gasteiger partial charge < -0.3 is 19.3 Å². The second-order valence-corrected chi connectivity index (χ2v) is 7.08. The highest BCUT2D eigenvalue weighted by atomic mass is 16.5. The standard InChI is InChI=1S/C23H29NO5/c1-4-29-21-15-16(12-13-20(21)28-3)22(17-9-5-6-11-19(17)27-2)24-14-8-7-10-18(24)23(25)26/h5-6,9,11-13,15,18,22H,4,7-8,10,14H2,1-3H3,(H,25,26). The Morgan fingerprint density at radius 2 is 1.86 bits per heavy atom. The summed E-state index contributed by atoms with van der Waals surface area (Å²) >= 11 is 0. The topological polar surface area (TPSA) is 68.2 Å².